The molecular formula is C11H19N3OS. The van der Waals surface area contributed by atoms with Crippen molar-refractivity contribution in [1.82, 2.24) is 5.32 Å². The minimum absolute atomic E-state index is 0.187. The molecule has 1 fully saturated rings. The van der Waals surface area contributed by atoms with Crippen LogP contribution in [0.4, 0.5) is 0 Å². The van der Waals surface area contributed by atoms with E-state index in [1.54, 1.807) is 0 Å². The Bertz CT molecular complexity index is 287. The van der Waals surface area contributed by atoms with Gasteiger partial charge < -0.3 is 15.8 Å². The molecule has 4 nitrogen and oxygen atoms in total. The molecule has 1 atom stereocenters. The van der Waals surface area contributed by atoms with Crippen molar-refractivity contribution >= 4 is 24.1 Å². The molecule has 16 heavy (non-hydrogen) atoms. The quantitative estimate of drug-likeness (QED) is 0.577. The summed E-state index contributed by atoms with van der Waals surface area (Å²) < 4.78 is 4.31. The van der Waals surface area contributed by atoms with Crippen LogP contribution >= 0.6 is 11.9 Å². The predicted molar refractivity (Wildman–Crippen MR) is 67.2 cm³/mol. The Balaban J connectivity index is 1.94. The van der Waals surface area contributed by atoms with Gasteiger partial charge in [0.1, 0.15) is 5.84 Å². The minimum atomic E-state index is -0.187. The summed E-state index contributed by atoms with van der Waals surface area (Å²) in [5.41, 5.74) is 6.15. The highest BCUT2D eigenvalue weighted by atomic mass is 32.2. The molecule has 5 heteroatoms. The summed E-state index contributed by atoms with van der Waals surface area (Å²) in [6.07, 6.45) is 8.07. The number of nitrogens with one attached hydrogen (secondary N) is 1. The molecule has 1 unspecified atom stereocenters. The molecule has 2 aliphatic rings. The van der Waals surface area contributed by atoms with E-state index in [0.717, 1.165) is 25.1 Å². The summed E-state index contributed by atoms with van der Waals surface area (Å²) >= 11 is 1.32. The van der Waals surface area contributed by atoms with Gasteiger partial charge in [-0.25, -0.2) is 4.40 Å². The number of rotatable bonds is 4. The van der Waals surface area contributed by atoms with E-state index in [0.29, 0.717) is 0 Å². The predicted octanol–water partition coefficient (Wildman–Crippen LogP) is 1.46. The van der Waals surface area contributed by atoms with Gasteiger partial charge in [-0.1, -0.05) is 19.3 Å². The van der Waals surface area contributed by atoms with Crippen LogP contribution in [0.5, 0.6) is 0 Å². The average Bonchev–Trinajstić information content (AvgIpc) is 2.78. The van der Waals surface area contributed by atoms with Crippen molar-refractivity contribution in [3.8, 4) is 0 Å². The number of aldehydes is 1. The van der Waals surface area contributed by atoms with E-state index in [1.807, 2.05) is 0 Å². The summed E-state index contributed by atoms with van der Waals surface area (Å²) in [5.74, 6) is 0.953. The lowest BCUT2D eigenvalue weighted by molar-refractivity contribution is -0.107. The lowest BCUT2D eigenvalue weighted by Crippen LogP contribution is -2.39. The number of amidine groups is 1. The number of carbonyl (C=O) groups is 1. The zero-order valence-electron chi connectivity index (χ0n) is 9.45. The lowest BCUT2D eigenvalue weighted by Gasteiger charge is -2.36. The van der Waals surface area contributed by atoms with E-state index in [-0.39, 0.29) is 10.8 Å². The molecule has 3 N–H and O–H groups in total. The molecule has 0 spiro atoms. The molecule has 0 bridgehead atoms. The molecule has 2 rings (SSSR count). The van der Waals surface area contributed by atoms with Crippen molar-refractivity contribution in [1.29, 1.82) is 0 Å². The van der Waals surface area contributed by atoms with Crippen LogP contribution in [0.1, 0.15) is 38.5 Å². The van der Waals surface area contributed by atoms with Crippen LogP contribution in [-0.2, 0) is 4.79 Å². The highest BCUT2D eigenvalue weighted by molar-refractivity contribution is 7.99. The third-order valence-electron chi connectivity index (χ3n) is 3.60. The van der Waals surface area contributed by atoms with Gasteiger partial charge in [0.05, 0.1) is 0 Å². The standard InChI is InChI=1S/C11H19N3OS/c12-8-11(4-2-1-3-5-11)6-9-13-10(7-15)16-14-9/h7,10H,1-6,8,12H2,(H,13,14). The Kier molecular flexibility index (Phi) is 3.86. The highest BCUT2D eigenvalue weighted by Crippen LogP contribution is 2.39. The first-order valence-electron chi connectivity index (χ1n) is 5.93. The van der Waals surface area contributed by atoms with Gasteiger partial charge in [0.15, 0.2) is 11.7 Å². The Morgan fingerprint density at radius 3 is 2.81 bits per heavy atom. The fourth-order valence-electron chi connectivity index (χ4n) is 2.59. The summed E-state index contributed by atoms with van der Waals surface area (Å²) in [6, 6.07) is 0. The van der Waals surface area contributed by atoms with Crippen LogP contribution in [-0.4, -0.2) is 24.0 Å². The molecule has 90 valence electrons. The topological polar surface area (TPSA) is 67.5 Å². The number of nitrogens with zero attached hydrogens (tertiary/aromatic N) is 1. The van der Waals surface area contributed by atoms with Gasteiger partial charge in [0.25, 0.3) is 0 Å². The molecule has 0 aromatic carbocycles. The summed E-state index contributed by atoms with van der Waals surface area (Å²) in [4.78, 5) is 10.6. The maximum absolute atomic E-state index is 10.6. The van der Waals surface area contributed by atoms with Crippen molar-refractivity contribution < 1.29 is 4.79 Å². The maximum Gasteiger partial charge on any atom is 0.154 e. The molecule has 0 aromatic rings. The largest absolute Gasteiger partial charge is 0.354 e. The molecule has 1 saturated carbocycles. The monoisotopic (exact) mass is 241 g/mol. The SMILES string of the molecule is NCC1(CC2=NSC(C=O)N2)CCCCC1. The zero-order chi connectivity index (χ0) is 11.4. The molecule has 1 aliphatic heterocycles. The molecule has 0 amide bonds. The molecule has 1 aliphatic carbocycles. The van der Waals surface area contributed by atoms with Crippen molar-refractivity contribution in [3.63, 3.8) is 0 Å². The van der Waals surface area contributed by atoms with Gasteiger partial charge in [-0.3, -0.25) is 0 Å². The number of carbonyl (C=O) groups excluding carboxylic acids is 1. The van der Waals surface area contributed by atoms with Crippen LogP contribution in [0.2, 0.25) is 0 Å². The van der Waals surface area contributed by atoms with Gasteiger partial charge >= 0.3 is 0 Å². The second kappa shape index (κ2) is 5.19. The summed E-state index contributed by atoms with van der Waals surface area (Å²) in [6.45, 7) is 0.726. The lowest BCUT2D eigenvalue weighted by atomic mass is 9.71. The van der Waals surface area contributed by atoms with Crippen molar-refractivity contribution in [2.75, 3.05) is 6.54 Å². The first-order valence-corrected chi connectivity index (χ1v) is 6.76. The number of hydrogen-bond acceptors (Lipinski definition) is 5. The highest BCUT2D eigenvalue weighted by Gasteiger charge is 2.33. The summed E-state index contributed by atoms with van der Waals surface area (Å²) in [5, 5.41) is 2.95. The Morgan fingerprint density at radius 1 is 1.50 bits per heavy atom. The second-order valence-corrected chi connectivity index (χ2v) is 5.69. The average molecular weight is 241 g/mol. The van der Waals surface area contributed by atoms with E-state index in [1.165, 1.54) is 44.1 Å². The molecule has 0 radical (unpaired) electrons. The van der Waals surface area contributed by atoms with E-state index < -0.39 is 0 Å². The van der Waals surface area contributed by atoms with E-state index in [9.17, 15) is 4.79 Å². The van der Waals surface area contributed by atoms with Crippen molar-refractivity contribution in [3.05, 3.63) is 0 Å². The summed E-state index contributed by atoms with van der Waals surface area (Å²) in [7, 11) is 0. The third-order valence-corrected chi connectivity index (χ3v) is 4.38. The molecular weight excluding hydrogens is 222 g/mol. The van der Waals surface area contributed by atoms with Crippen LogP contribution in [0, 0.1) is 5.41 Å². The molecule has 1 heterocycles. The van der Waals surface area contributed by atoms with Crippen molar-refractivity contribution in [2.24, 2.45) is 15.5 Å². The Hall–Kier alpha value is -0.550. The van der Waals surface area contributed by atoms with Gasteiger partial charge in [-0.05, 0) is 24.8 Å². The van der Waals surface area contributed by atoms with Crippen molar-refractivity contribution in [2.45, 2.75) is 43.9 Å². The van der Waals surface area contributed by atoms with Gasteiger partial charge in [0.2, 0.25) is 0 Å². The van der Waals surface area contributed by atoms with E-state index >= 15 is 0 Å². The van der Waals surface area contributed by atoms with E-state index in [4.69, 9.17) is 5.73 Å². The van der Waals surface area contributed by atoms with Crippen LogP contribution < -0.4 is 11.1 Å². The first-order chi connectivity index (χ1) is 7.78. The number of hydrogen-bond donors (Lipinski definition) is 2. The molecule has 0 saturated heterocycles. The molecule has 0 aromatic heterocycles. The maximum atomic E-state index is 10.6. The van der Waals surface area contributed by atoms with E-state index in [2.05, 4.69) is 9.71 Å². The van der Waals surface area contributed by atoms with Crippen LogP contribution in [0.25, 0.3) is 0 Å². The zero-order valence-corrected chi connectivity index (χ0v) is 10.3. The Labute approximate surface area is 101 Å². The minimum Gasteiger partial charge on any atom is -0.354 e. The first kappa shape index (κ1) is 11.9. The Morgan fingerprint density at radius 2 is 2.25 bits per heavy atom. The van der Waals surface area contributed by atoms with Gasteiger partial charge in [-0.15, -0.1) is 0 Å². The number of nitrogens with two attached hydrogens (primary N) is 1. The normalized spacial score (nSPS) is 28.3. The fraction of sp³-hybridized carbons (Fsp3) is 0.818. The smallest absolute Gasteiger partial charge is 0.154 e. The van der Waals surface area contributed by atoms with Crippen LogP contribution in [0.3, 0.4) is 0 Å². The fourth-order valence-corrected chi connectivity index (χ4v) is 3.19. The third kappa shape index (κ3) is 2.58. The van der Waals surface area contributed by atoms with Gasteiger partial charge in [-0.2, -0.15) is 0 Å². The van der Waals surface area contributed by atoms with Crippen LogP contribution in [0.15, 0.2) is 4.40 Å². The van der Waals surface area contributed by atoms with Gasteiger partial charge in [0, 0.05) is 18.4 Å². The second-order valence-electron chi connectivity index (χ2n) is 4.79.